The number of hydrogen-bond acceptors (Lipinski definition) is 3. The van der Waals surface area contributed by atoms with Crippen molar-refractivity contribution in [2.24, 2.45) is 5.84 Å². The zero-order chi connectivity index (χ0) is 14.8. The first-order valence-corrected chi connectivity index (χ1v) is 6.93. The number of hydrogen-bond donors (Lipinski definition) is 2. The molecule has 0 aliphatic carbocycles. The summed E-state index contributed by atoms with van der Waals surface area (Å²) in [5.41, 5.74) is 4.02. The molecule has 0 amide bonds. The van der Waals surface area contributed by atoms with E-state index in [0.29, 0.717) is 17.2 Å². The molecule has 0 spiro atoms. The fourth-order valence-corrected chi connectivity index (χ4v) is 2.44. The molecule has 1 heterocycles. The van der Waals surface area contributed by atoms with Crippen LogP contribution in [-0.4, -0.2) is 0 Å². The van der Waals surface area contributed by atoms with Gasteiger partial charge in [-0.15, -0.1) is 0 Å². The zero-order valence-electron chi connectivity index (χ0n) is 11.1. The van der Waals surface area contributed by atoms with Crippen molar-refractivity contribution in [3.8, 4) is 0 Å². The summed E-state index contributed by atoms with van der Waals surface area (Å²) in [5, 5.41) is 1.41. The van der Waals surface area contributed by atoms with Crippen LogP contribution in [0.15, 0.2) is 52.9 Å². The topological polar surface area (TPSA) is 51.2 Å². The summed E-state index contributed by atoms with van der Waals surface area (Å²) in [6.07, 6.45) is 0.620. The molecule has 108 valence electrons. The summed E-state index contributed by atoms with van der Waals surface area (Å²) in [6.45, 7) is 0. The van der Waals surface area contributed by atoms with Crippen molar-refractivity contribution < 1.29 is 8.81 Å². The Morgan fingerprint density at radius 2 is 1.95 bits per heavy atom. The maximum Gasteiger partial charge on any atom is 0.169 e. The van der Waals surface area contributed by atoms with E-state index in [4.69, 9.17) is 21.9 Å². The van der Waals surface area contributed by atoms with E-state index in [-0.39, 0.29) is 17.4 Å². The van der Waals surface area contributed by atoms with Crippen molar-refractivity contribution in [1.82, 2.24) is 5.43 Å². The highest BCUT2D eigenvalue weighted by Crippen LogP contribution is 2.27. The number of para-hydroxylation sites is 1. The molecular formula is C16H14ClFN2O. The fourth-order valence-electron chi connectivity index (χ4n) is 2.32. The van der Waals surface area contributed by atoms with Crippen LogP contribution in [0.3, 0.4) is 0 Å². The number of fused-ring (bicyclic) bond motifs is 1. The van der Waals surface area contributed by atoms with Gasteiger partial charge < -0.3 is 4.42 Å². The van der Waals surface area contributed by atoms with Gasteiger partial charge in [0.05, 0.1) is 6.04 Å². The Bertz CT molecular complexity index is 755. The predicted molar refractivity (Wildman–Crippen MR) is 81.4 cm³/mol. The number of hydrazine groups is 1. The molecule has 3 N–H and O–H groups in total. The Labute approximate surface area is 126 Å². The average Bonchev–Trinajstić information content (AvgIpc) is 2.92. The van der Waals surface area contributed by atoms with Gasteiger partial charge in [0, 0.05) is 10.4 Å². The lowest BCUT2D eigenvalue weighted by Crippen LogP contribution is -2.29. The van der Waals surface area contributed by atoms with Crippen LogP contribution in [0.5, 0.6) is 0 Å². The highest BCUT2D eigenvalue weighted by atomic mass is 35.5. The molecular weight excluding hydrogens is 291 g/mol. The third-order valence-corrected chi connectivity index (χ3v) is 3.66. The molecule has 3 aromatic rings. The van der Waals surface area contributed by atoms with Gasteiger partial charge in [0.25, 0.3) is 0 Å². The maximum atomic E-state index is 13.7. The highest BCUT2D eigenvalue weighted by molar-refractivity contribution is 6.30. The second-order valence-corrected chi connectivity index (χ2v) is 5.29. The van der Waals surface area contributed by atoms with Gasteiger partial charge in [-0.05, 0) is 36.2 Å². The zero-order valence-corrected chi connectivity index (χ0v) is 11.9. The summed E-state index contributed by atoms with van der Waals surface area (Å²) in [5.74, 6) is 5.84. The van der Waals surface area contributed by atoms with Crippen LogP contribution in [-0.2, 0) is 6.42 Å². The molecule has 0 saturated carbocycles. The molecule has 3 rings (SSSR count). The van der Waals surface area contributed by atoms with E-state index in [1.165, 1.54) is 6.07 Å². The first-order chi connectivity index (χ1) is 10.2. The van der Waals surface area contributed by atoms with Crippen LogP contribution in [0.2, 0.25) is 5.02 Å². The van der Waals surface area contributed by atoms with Crippen molar-refractivity contribution in [2.45, 2.75) is 12.5 Å². The molecule has 3 nitrogen and oxygen atoms in total. The lowest BCUT2D eigenvalue weighted by molar-refractivity contribution is 0.427. The van der Waals surface area contributed by atoms with Crippen molar-refractivity contribution in [3.05, 3.63) is 70.7 Å². The van der Waals surface area contributed by atoms with E-state index < -0.39 is 0 Å². The first kappa shape index (κ1) is 14.1. The molecule has 0 bridgehead atoms. The minimum Gasteiger partial charge on any atom is -0.456 e. The van der Waals surface area contributed by atoms with Gasteiger partial charge in [-0.3, -0.25) is 5.84 Å². The Morgan fingerprint density at radius 3 is 2.62 bits per heavy atom. The normalized spacial score (nSPS) is 12.7. The largest absolute Gasteiger partial charge is 0.456 e. The summed E-state index contributed by atoms with van der Waals surface area (Å²) in [7, 11) is 0. The SMILES string of the molecule is NNC(Cc1ccc(Cl)cc1)c1cc2cccc(F)c2o1. The fraction of sp³-hybridized carbons (Fsp3) is 0.125. The van der Waals surface area contributed by atoms with E-state index >= 15 is 0 Å². The first-order valence-electron chi connectivity index (χ1n) is 6.56. The van der Waals surface area contributed by atoms with Crippen LogP contribution in [0, 0.1) is 5.82 Å². The third-order valence-electron chi connectivity index (χ3n) is 3.41. The molecule has 5 heteroatoms. The van der Waals surface area contributed by atoms with Crippen LogP contribution in [0.4, 0.5) is 4.39 Å². The molecule has 1 atom stereocenters. The maximum absolute atomic E-state index is 13.7. The van der Waals surface area contributed by atoms with Crippen molar-refractivity contribution in [2.75, 3.05) is 0 Å². The molecule has 0 aliphatic rings. The number of rotatable bonds is 4. The Kier molecular flexibility index (Phi) is 3.92. The third kappa shape index (κ3) is 2.93. The molecule has 2 aromatic carbocycles. The summed E-state index contributed by atoms with van der Waals surface area (Å²) >= 11 is 5.87. The second kappa shape index (κ2) is 5.85. The molecule has 1 unspecified atom stereocenters. The van der Waals surface area contributed by atoms with Gasteiger partial charge in [0.1, 0.15) is 5.76 Å². The van der Waals surface area contributed by atoms with Gasteiger partial charge >= 0.3 is 0 Å². The predicted octanol–water partition coefficient (Wildman–Crippen LogP) is 3.97. The van der Waals surface area contributed by atoms with E-state index in [1.807, 2.05) is 24.3 Å². The van der Waals surface area contributed by atoms with E-state index in [2.05, 4.69) is 5.43 Å². The standard InChI is InChI=1S/C16H14ClFN2O/c17-12-6-4-10(5-7-12)8-14(20-19)15-9-11-2-1-3-13(18)16(11)21-15/h1-7,9,14,20H,8,19H2. The van der Waals surface area contributed by atoms with Gasteiger partial charge in [-0.2, -0.15) is 0 Å². The average molecular weight is 305 g/mol. The lowest BCUT2D eigenvalue weighted by atomic mass is 10.0. The second-order valence-electron chi connectivity index (χ2n) is 4.86. The van der Waals surface area contributed by atoms with Gasteiger partial charge in [0.15, 0.2) is 11.4 Å². The van der Waals surface area contributed by atoms with E-state index in [1.54, 1.807) is 18.2 Å². The van der Waals surface area contributed by atoms with E-state index in [0.717, 1.165) is 10.9 Å². The number of halogens is 2. The Morgan fingerprint density at radius 1 is 1.19 bits per heavy atom. The molecule has 0 saturated heterocycles. The van der Waals surface area contributed by atoms with Crippen molar-refractivity contribution in [3.63, 3.8) is 0 Å². The monoisotopic (exact) mass is 304 g/mol. The number of nitrogens with two attached hydrogens (primary N) is 1. The summed E-state index contributed by atoms with van der Waals surface area (Å²) in [4.78, 5) is 0. The quantitative estimate of drug-likeness (QED) is 0.566. The highest BCUT2D eigenvalue weighted by Gasteiger charge is 2.17. The molecule has 0 aliphatic heterocycles. The van der Waals surface area contributed by atoms with Crippen molar-refractivity contribution in [1.29, 1.82) is 0 Å². The van der Waals surface area contributed by atoms with Gasteiger partial charge in [0.2, 0.25) is 0 Å². The number of benzene rings is 2. The Balaban J connectivity index is 1.90. The van der Waals surface area contributed by atoms with Gasteiger partial charge in [-0.25, -0.2) is 9.82 Å². The minimum atomic E-state index is -0.374. The molecule has 0 radical (unpaired) electrons. The summed E-state index contributed by atoms with van der Waals surface area (Å²) < 4.78 is 19.3. The molecule has 1 aromatic heterocycles. The van der Waals surface area contributed by atoms with Crippen LogP contribution in [0.1, 0.15) is 17.4 Å². The number of furan rings is 1. The number of nitrogens with one attached hydrogen (secondary N) is 1. The van der Waals surface area contributed by atoms with E-state index in [9.17, 15) is 4.39 Å². The summed E-state index contributed by atoms with van der Waals surface area (Å²) in [6, 6.07) is 13.9. The molecule has 0 fully saturated rings. The smallest absolute Gasteiger partial charge is 0.169 e. The van der Waals surface area contributed by atoms with Crippen molar-refractivity contribution >= 4 is 22.6 Å². The molecule has 21 heavy (non-hydrogen) atoms. The Hall–Kier alpha value is -1.88. The van der Waals surface area contributed by atoms with Crippen LogP contribution in [0.25, 0.3) is 11.0 Å². The van der Waals surface area contributed by atoms with Gasteiger partial charge in [-0.1, -0.05) is 35.9 Å². The van der Waals surface area contributed by atoms with Crippen LogP contribution < -0.4 is 11.3 Å². The minimum absolute atomic E-state index is 0.238. The van der Waals surface area contributed by atoms with Crippen LogP contribution >= 0.6 is 11.6 Å². The lowest BCUT2D eigenvalue weighted by Gasteiger charge is -2.13.